The van der Waals surface area contributed by atoms with E-state index in [-0.39, 0.29) is 0 Å². The fourth-order valence-electron chi connectivity index (χ4n) is 9.00. The Morgan fingerprint density at radius 1 is 0.310 bits per heavy atom. The minimum Gasteiger partial charge on any atom is -0.481 e. The number of hydrogen-bond acceptors (Lipinski definition) is 3. The maximum atomic E-state index is 11.9. The number of aliphatic hydroxyl groups is 1. The van der Waals surface area contributed by atoms with Gasteiger partial charge in [-0.1, -0.05) is 289 Å². The predicted molar refractivity (Wildman–Crippen MR) is 252 cm³/mol. The first-order valence-corrected chi connectivity index (χ1v) is 26.6. The molecule has 0 aliphatic rings. The van der Waals surface area contributed by atoms with Gasteiger partial charge in [-0.3, -0.25) is 9.59 Å². The Hall–Kier alpha value is -1.10. The Balaban J connectivity index is 3.40. The molecule has 0 saturated carbocycles. The summed E-state index contributed by atoms with van der Waals surface area (Å²) >= 11 is 0. The molecule has 0 aliphatic carbocycles. The summed E-state index contributed by atoms with van der Waals surface area (Å²) in [6, 6.07) is 0. The van der Waals surface area contributed by atoms with Crippen LogP contribution in [0.3, 0.4) is 0 Å². The van der Waals surface area contributed by atoms with E-state index in [1.54, 1.807) is 0 Å². The third kappa shape index (κ3) is 46.0. The van der Waals surface area contributed by atoms with Gasteiger partial charge in [0.05, 0.1) is 12.0 Å². The van der Waals surface area contributed by atoms with Crippen molar-refractivity contribution in [3.63, 3.8) is 0 Å². The van der Waals surface area contributed by atoms with Crippen molar-refractivity contribution >= 4 is 11.9 Å². The molecule has 0 aromatic heterocycles. The molecule has 346 valence electrons. The van der Waals surface area contributed by atoms with Crippen LogP contribution in [0.1, 0.15) is 315 Å². The third-order valence-electron chi connectivity index (χ3n) is 13.0. The summed E-state index contributed by atoms with van der Waals surface area (Å²) in [4.78, 5) is 22.4. The summed E-state index contributed by atoms with van der Waals surface area (Å²) in [6.07, 6.45) is 60.3. The minimum absolute atomic E-state index is 0.331. The molecule has 0 heterocycles. The largest absolute Gasteiger partial charge is 0.481 e. The van der Waals surface area contributed by atoms with E-state index in [1.165, 1.54) is 250 Å². The van der Waals surface area contributed by atoms with Crippen LogP contribution in [0.2, 0.25) is 0 Å². The van der Waals surface area contributed by atoms with Crippen molar-refractivity contribution in [3.05, 3.63) is 0 Å². The molecule has 0 radical (unpaired) electrons. The van der Waals surface area contributed by atoms with Crippen LogP contribution in [0.4, 0.5) is 0 Å². The fraction of sp³-hybridized carbons (Fsp3) is 0.962. The van der Waals surface area contributed by atoms with Crippen molar-refractivity contribution in [2.24, 2.45) is 5.92 Å². The zero-order valence-corrected chi connectivity index (χ0v) is 39.3. The van der Waals surface area contributed by atoms with Gasteiger partial charge in [0.15, 0.2) is 0 Å². The molecule has 2 unspecified atom stereocenters. The second-order valence-corrected chi connectivity index (χ2v) is 18.8. The van der Waals surface area contributed by atoms with E-state index in [0.29, 0.717) is 19.3 Å². The maximum absolute atomic E-state index is 11.9. The van der Waals surface area contributed by atoms with E-state index in [4.69, 9.17) is 5.11 Å². The summed E-state index contributed by atoms with van der Waals surface area (Å²) < 4.78 is 0. The number of unbranched alkanes of at least 4 members (excludes halogenated alkanes) is 43. The second kappa shape index (κ2) is 48.6. The maximum Gasteiger partial charge on any atom is 0.309 e. The van der Waals surface area contributed by atoms with E-state index in [2.05, 4.69) is 6.92 Å². The first kappa shape index (κ1) is 56.9. The van der Waals surface area contributed by atoms with E-state index in [0.717, 1.165) is 38.5 Å². The number of aliphatic carboxylic acids is 2. The minimum atomic E-state index is -0.810. The highest BCUT2D eigenvalue weighted by molar-refractivity contribution is 5.70. The van der Waals surface area contributed by atoms with Crippen molar-refractivity contribution in [1.29, 1.82) is 0 Å². The van der Waals surface area contributed by atoms with Crippen molar-refractivity contribution in [2.45, 2.75) is 321 Å². The first-order valence-electron chi connectivity index (χ1n) is 26.6. The van der Waals surface area contributed by atoms with E-state index in [9.17, 15) is 19.8 Å². The lowest BCUT2D eigenvalue weighted by Crippen LogP contribution is -2.28. The van der Waals surface area contributed by atoms with Crippen molar-refractivity contribution < 1.29 is 24.9 Å². The Morgan fingerprint density at radius 3 is 0.741 bits per heavy atom. The van der Waals surface area contributed by atoms with Crippen LogP contribution in [-0.2, 0) is 9.59 Å². The van der Waals surface area contributed by atoms with Gasteiger partial charge in [-0.25, -0.2) is 0 Å². The molecule has 0 saturated heterocycles. The first-order chi connectivity index (χ1) is 28.5. The number of carboxylic acids is 2. The van der Waals surface area contributed by atoms with Gasteiger partial charge in [0.1, 0.15) is 0 Å². The lowest BCUT2D eigenvalue weighted by atomic mass is 9.91. The van der Waals surface area contributed by atoms with E-state index in [1.807, 2.05) is 0 Å². The highest BCUT2D eigenvalue weighted by atomic mass is 16.4. The smallest absolute Gasteiger partial charge is 0.309 e. The number of carbonyl (C=O) groups is 2. The SMILES string of the molecule is CCCCCCCCCCCCCCCCCCCCCCC(C(=O)O)C(O)CCCCCCCCCCCCCCCCCCCCCCCCCCCC(=O)O. The molecule has 58 heavy (non-hydrogen) atoms. The fourth-order valence-corrected chi connectivity index (χ4v) is 9.00. The van der Waals surface area contributed by atoms with Crippen LogP contribution < -0.4 is 0 Å². The molecular weight excluding hydrogens is 717 g/mol. The van der Waals surface area contributed by atoms with Gasteiger partial charge in [-0.2, -0.15) is 0 Å². The van der Waals surface area contributed by atoms with Gasteiger partial charge in [-0.05, 0) is 19.3 Å². The van der Waals surface area contributed by atoms with Crippen molar-refractivity contribution in [2.75, 3.05) is 0 Å². The molecule has 0 aromatic carbocycles. The Bertz CT molecular complexity index is 814. The Labute approximate surface area is 362 Å². The predicted octanol–water partition coefficient (Wildman–Crippen LogP) is 17.9. The Morgan fingerprint density at radius 2 is 0.517 bits per heavy atom. The molecule has 0 rings (SSSR count). The molecule has 0 aliphatic heterocycles. The lowest BCUT2D eigenvalue weighted by Gasteiger charge is -2.19. The van der Waals surface area contributed by atoms with E-state index >= 15 is 0 Å². The molecule has 0 aromatic rings. The average molecular weight is 821 g/mol. The summed E-state index contributed by atoms with van der Waals surface area (Å²) in [5.74, 6) is -2.06. The number of aliphatic hydroxyl groups excluding tert-OH is 1. The van der Waals surface area contributed by atoms with Gasteiger partial charge in [0.25, 0.3) is 0 Å². The van der Waals surface area contributed by atoms with Crippen molar-refractivity contribution in [1.82, 2.24) is 0 Å². The Kier molecular flexibility index (Phi) is 47.6. The van der Waals surface area contributed by atoms with Crippen molar-refractivity contribution in [3.8, 4) is 0 Å². The third-order valence-corrected chi connectivity index (χ3v) is 13.0. The van der Waals surface area contributed by atoms with Crippen LogP contribution in [0.15, 0.2) is 0 Å². The highest BCUT2D eigenvalue weighted by Gasteiger charge is 2.25. The van der Waals surface area contributed by atoms with Gasteiger partial charge >= 0.3 is 11.9 Å². The quantitative estimate of drug-likeness (QED) is 0.0531. The van der Waals surface area contributed by atoms with Gasteiger partial charge in [0, 0.05) is 6.42 Å². The van der Waals surface area contributed by atoms with Crippen LogP contribution in [0, 0.1) is 5.92 Å². The van der Waals surface area contributed by atoms with Gasteiger partial charge in [0.2, 0.25) is 0 Å². The zero-order valence-electron chi connectivity index (χ0n) is 39.3. The molecule has 3 N–H and O–H groups in total. The summed E-state index contributed by atoms with van der Waals surface area (Å²) in [5.41, 5.74) is 0. The molecule has 0 spiro atoms. The summed E-state index contributed by atoms with van der Waals surface area (Å²) in [6.45, 7) is 2.29. The molecule has 5 nitrogen and oxygen atoms in total. The molecule has 0 amide bonds. The number of rotatable bonds is 51. The summed E-state index contributed by atoms with van der Waals surface area (Å²) in [7, 11) is 0. The number of carboxylic acid groups (broad SMARTS) is 2. The van der Waals surface area contributed by atoms with Gasteiger partial charge < -0.3 is 15.3 Å². The monoisotopic (exact) mass is 821 g/mol. The molecule has 2 atom stereocenters. The molecular formula is C53H104O5. The van der Waals surface area contributed by atoms with Crippen LogP contribution in [-0.4, -0.2) is 33.4 Å². The zero-order chi connectivity index (χ0) is 42.3. The average Bonchev–Trinajstić information content (AvgIpc) is 3.20. The van der Waals surface area contributed by atoms with Crippen LogP contribution >= 0.6 is 0 Å². The molecule has 0 bridgehead atoms. The van der Waals surface area contributed by atoms with Gasteiger partial charge in [-0.15, -0.1) is 0 Å². The topological polar surface area (TPSA) is 94.8 Å². The van der Waals surface area contributed by atoms with E-state index < -0.39 is 24.0 Å². The lowest BCUT2D eigenvalue weighted by molar-refractivity contribution is -0.146. The molecule has 5 heteroatoms. The van der Waals surface area contributed by atoms with Crippen LogP contribution in [0.25, 0.3) is 0 Å². The summed E-state index contributed by atoms with van der Waals surface area (Å²) in [5, 5.41) is 29.1. The number of hydrogen-bond donors (Lipinski definition) is 3. The second-order valence-electron chi connectivity index (χ2n) is 18.8. The highest BCUT2D eigenvalue weighted by Crippen LogP contribution is 2.22. The molecule has 0 fully saturated rings. The standard InChI is InChI=1S/C53H104O5/c1-2-3-4-5-6-7-8-9-10-11-12-20-23-26-29-32-35-38-41-44-47-50(53(57)58)51(54)48-45-42-39-36-33-30-27-24-21-18-16-14-13-15-17-19-22-25-28-31-34-37-40-43-46-49-52(55)56/h50-51,54H,2-49H2,1H3,(H,55,56)(H,57,58). The normalized spacial score (nSPS) is 12.7. The van der Waals surface area contributed by atoms with Crippen LogP contribution in [0.5, 0.6) is 0 Å².